The van der Waals surface area contributed by atoms with Crippen LogP contribution in [-0.2, 0) is 0 Å². The van der Waals surface area contributed by atoms with Crippen LogP contribution in [0.25, 0.3) is 0 Å². The van der Waals surface area contributed by atoms with Crippen molar-refractivity contribution in [2.45, 2.75) is 38.8 Å². The molecule has 0 radical (unpaired) electrons. The van der Waals surface area contributed by atoms with E-state index in [0.717, 1.165) is 0 Å². The van der Waals surface area contributed by atoms with Crippen LogP contribution in [0.15, 0.2) is 15.9 Å². The first-order valence-electron chi connectivity index (χ1n) is 6.41. The maximum atomic E-state index is 3.76. The number of rotatable bonds is 4. The Morgan fingerprint density at radius 1 is 1.53 bits per heavy atom. The molecule has 1 aliphatic rings. The fraction of sp³-hybridized carbons (Fsp3) is 0.692. The molecule has 0 amide bonds. The first-order chi connectivity index (χ1) is 8.19. The molecule has 4 heteroatoms. The van der Waals surface area contributed by atoms with Crippen LogP contribution >= 0.6 is 27.3 Å². The predicted molar refractivity (Wildman–Crippen MR) is 78.7 cm³/mol. The van der Waals surface area contributed by atoms with E-state index >= 15 is 0 Å². The van der Waals surface area contributed by atoms with Gasteiger partial charge in [-0.15, -0.1) is 11.3 Å². The van der Waals surface area contributed by atoms with Crippen LogP contribution in [0.4, 0.5) is 0 Å². The smallest absolute Gasteiger partial charge is 0.0388 e. The van der Waals surface area contributed by atoms with Crippen LogP contribution in [0.1, 0.15) is 37.6 Å². The highest BCUT2D eigenvalue weighted by Crippen LogP contribution is 2.26. The third-order valence-corrected chi connectivity index (χ3v) is 5.41. The SMILES string of the molecule is CCN1CCC(NC(C)c2cc(Br)cs2)CC1. The molecule has 1 N–H and O–H groups in total. The van der Waals surface area contributed by atoms with Gasteiger partial charge >= 0.3 is 0 Å². The third-order valence-electron chi connectivity index (χ3n) is 3.54. The molecule has 17 heavy (non-hydrogen) atoms. The Morgan fingerprint density at radius 3 is 2.76 bits per heavy atom. The molecule has 1 atom stereocenters. The van der Waals surface area contributed by atoms with E-state index in [1.807, 2.05) is 11.3 Å². The summed E-state index contributed by atoms with van der Waals surface area (Å²) in [5.41, 5.74) is 0. The van der Waals surface area contributed by atoms with Gasteiger partial charge in [0.1, 0.15) is 0 Å². The molecule has 2 rings (SSSR count). The molecule has 0 spiro atoms. The molecule has 1 aromatic rings. The molecule has 1 unspecified atom stereocenters. The van der Waals surface area contributed by atoms with Gasteiger partial charge in [-0.25, -0.2) is 0 Å². The normalized spacial score (nSPS) is 20.6. The lowest BCUT2D eigenvalue weighted by Crippen LogP contribution is -2.42. The molecule has 1 aromatic heterocycles. The summed E-state index contributed by atoms with van der Waals surface area (Å²) in [6, 6.07) is 3.39. The summed E-state index contributed by atoms with van der Waals surface area (Å²) in [6.07, 6.45) is 2.56. The zero-order valence-electron chi connectivity index (χ0n) is 10.6. The average Bonchev–Trinajstić information content (AvgIpc) is 2.77. The van der Waals surface area contributed by atoms with Gasteiger partial charge in [0.15, 0.2) is 0 Å². The van der Waals surface area contributed by atoms with Crippen LogP contribution in [-0.4, -0.2) is 30.6 Å². The Morgan fingerprint density at radius 2 is 2.24 bits per heavy atom. The number of nitrogens with one attached hydrogen (secondary N) is 1. The Kier molecular flexibility index (Phi) is 5.03. The van der Waals surface area contributed by atoms with Crippen LogP contribution < -0.4 is 5.32 Å². The molecule has 0 aliphatic carbocycles. The number of piperidine rings is 1. The number of hydrogen-bond acceptors (Lipinski definition) is 3. The molecule has 0 aromatic carbocycles. The molecule has 1 fully saturated rings. The second kappa shape index (κ2) is 6.32. The van der Waals surface area contributed by atoms with Gasteiger partial charge in [0.2, 0.25) is 0 Å². The van der Waals surface area contributed by atoms with Crippen molar-refractivity contribution in [3.63, 3.8) is 0 Å². The van der Waals surface area contributed by atoms with Crippen molar-refractivity contribution in [3.05, 3.63) is 20.8 Å². The largest absolute Gasteiger partial charge is 0.307 e. The Balaban J connectivity index is 1.81. The second-order valence-corrected chi connectivity index (χ2v) is 6.62. The minimum Gasteiger partial charge on any atom is -0.307 e. The molecule has 96 valence electrons. The van der Waals surface area contributed by atoms with Gasteiger partial charge < -0.3 is 10.2 Å². The Bertz CT molecular complexity index is 345. The maximum absolute atomic E-state index is 3.76. The van der Waals surface area contributed by atoms with Crippen LogP contribution in [0.2, 0.25) is 0 Å². The minimum absolute atomic E-state index is 0.476. The number of halogens is 1. The van der Waals surface area contributed by atoms with E-state index in [0.29, 0.717) is 12.1 Å². The first kappa shape index (κ1) is 13.5. The van der Waals surface area contributed by atoms with Crippen LogP contribution in [0.5, 0.6) is 0 Å². The third kappa shape index (κ3) is 3.78. The van der Waals surface area contributed by atoms with Crippen LogP contribution in [0, 0.1) is 0 Å². The monoisotopic (exact) mass is 316 g/mol. The minimum atomic E-state index is 0.476. The second-order valence-electron chi connectivity index (χ2n) is 4.76. The summed E-state index contributed by atoms with van der Waals surface area (Å²) in [4.78, 5) is 3.96. The summed E-state index contributed by atoms with van der Waals surface area (Å²) in [6.45, 7) is 8.20. The molecule has 0 bridgehead atoms. The zero-order chi connectivity index (χ0) is 12.3. The van der Waals surface area contributed by atoms with Gasteiger partial charge in [-0.1, -0.05) is 6.92 Å². The number of nitrogens with zero attached hydrogens (tertiary/aromatic N) is 1. The summed E-state index contributed by atoms with van der Waals surface area (Å²) < 4.78 is 1.20. The van der Waals surface area contributed by atoms with E-state index < -0.39 is 0 Å². The van der Waals surface area contributed by atoms with Crippen molar-refractivity contribution in [2.75, 3.05) is 19.6 Å². The summed E-state index contributed by atoms with van der Waals surface area (Å²) in [7, 11) is 0. The number of likely N-dealkylation sites (tertiary alicyclic amines) is 1. The molecule has 2 nitrogen and oxygen atoms in total. The van der Waals surface area contributed by atoms with E-state index in [9.17, 15) is 0 Å². The lowest BCUT2D eigenvalue weighted by Gasteiger charge is -2.33. The standard InChI is InChI=1S/C13H21BrN2S/c1-3-16-6-4-12(5-7-16)15-10(2)13-8-11(14)9-17-13/h8-10,12,15H,3-7H2,1-2H3. The first-order valence-corrected chi connectivity index (χ1v) is 8.08. The van der Waals surface area contributed by atoms with Crippen molar-refractivity contribution in [2.24, 2.45) is 0 Å². The predicted octanol–water partition coefficient (Wildman–Crippen LogP) is 3.65. The van der Waals surface area contributed by atoms with Crippen LogP contribution in [0.3, 0.4) is 0 Å². The number of hydrogen-bond donors (Lipinski definition) is 1. The molecule has 0 saturated carbocycles. The quantitative estimate of drug-likeness (QED) is 0.912. The van der Waals surface area contributed by atoms with Crippen molar-refractivity contribution in [1.82, 2.24) is 10.2 Å². The lowest BCUT2D eigenvalue weighted by molar-refractivity contribution is 0.200. The molecule has 2 heterocycles. The fourth-order valence-corrected chi connectivity index (χ4v) is 3.87. The van der Waals surface area contributed by atoms with E-state index in [1.165, 1.54) is 41.8 Å². The van der Waals surface area contributed by atoms with E-state index in [2.05, 4.69) is 51.4 Å². The van der Waals surface area contributed by atoms with Crippen molar-refractivity contribution >= 4 is 27.3 Å². The molecule has 1 aliphatic heterocycles. The highest BCUT2D eigenvalue weighted by molar-refractivity contribution is 9.10. The fourth-order valence-electron chi connectivity index (χ4n) is 2.41. The molecular formula is C13H21BrN2S. The highest BCUT2D eigenvalue weighted by atomic mass is 79.9. The number of thiophene rings is 1. The van der Waals surface area contributed by atoms with E-state index in [-0.39, 0.29) is 0 Å². The Labute approximate surface area is 117 Å². The van der Waals surface area contributed by atoms with Gasteiger partial charge in [0.25, 0.3) is 0 Å². The summed E-state index contributed by atoms with van der Waals surface area (Å²) in [5.74, 6) is 0. The molecular weight excluding hydrogens is 296 g/mol. The van der Waals surface area contributed by atoms with Gasteiger partial charge in [-0.3, -0.25) is 0 Å². The van der Waals surface area contributed by atoms with Gasteiger partial charge in [-0.2, -0.15) is 0 Å². The van der Waals surface area contributed by atoms with Gasteiger partial charge in [0, 0.05) is 26.8 Å². The van der Waals surface area contributed by atoms with E-state index in [1.54, 1.807) is 0 Å². The van der Waals surface area contributed by atoms with Gasteiger partial charge in [-0.05, 0) is 61.4 Å². The lowest BCUT2D eigenvalue weighted by atomic mass is 10.0. The van der Waals surface area contributed by atoms with Crippen molar-refractivity contribution < 1.29 is 0 Å². The summed E-state index contributed by atoms with van der Waals surface area (Å²) in [5, 5.41) is 5.92. The van der Waals surface area contributed by atoms with E-state index in [4.69, 9.17) is 0 Å². The molecule has 1 saturated heterocycles. The Hall–Kier alpha value is 0.1000. The van der Waals surface area contributed by atoms with Crippen molar-refractivity contribution in [3.8, 4) is 0 Å². The average molecular weight is 317 g/mol. The zero-order valence-corrected chi connectivity index (χ0v) is 13.0. The topological polar surface area (TPSA) is 15.3 Å². The van der Waals surface area contributed by atoms with Gasteiger partial charge in [0.05, 0.1) is 0 Å². The van der Waals surface area contributed by atoms with Crippen molar-refractivity contribution in [1.29, 1.82) is 0 Å². The maximum Gasteiger partial charge on any atom is 0.0388 e. The highest BCUT2D eigenvalue weighted by Gasteiger charge is 2.20. The summed E-state index contributed by atoms with van der Waals surface area (Å²) >= 11 is 5.35.